The van der Waals surface area contributed by atoms with Gasteiger partial charge in [0.1, 0.15) is 12.0 Å². The van der Waals surface area contributed by atoms with Crippen LogP contribution in [0.25, 0.3) is 11.0 Å². The first kappa shape index (κ1) is 12.8. The van der Waals surface area contributed by atoms with Gasteiger partial charge in [-0.25, -0.2) is 4.98 Å². The molecule has 0 radical (unpaired) electrons. The second-order valence-corrected chi connectivity index (χ2v) is 4.77. The second-order valence-electron chi connectivity index (χ2n) is 4.77. The van der Waals surface area contributed by atoms with Crippen LogP contribution < -0.4 is 5.56 Å². The molecule has 0 spiro atoms. The SMILES string of the molecule is CCC(O)(CC)Cn1cnc2c(ccn2C)c1=O. The Morgan fingerprint density at radius 3 is 2.67 bits per heavy atom. The van der Waals surface area contributed by atoms with Crippen molar-refractivity contribution >= 4 is 11.0 Å². The van der Waals surface area contributed by atoms with E-state index in [-0.39, 0.29) is 12.1 Å². The van der Waals surface area contributed by atoms with Gasteiger partial charge in [0.25, 0.3) is 5.56 Å². The molecule has 0 saturated heterocycles. The Balaban J connectivity index is 2.47. The van der Waals surface area contributed by atoms with Gasteiger partial charge in [0.05, 0.1) is 17.5 Å². The lowest BCUT2D eigenvalue weighted by Crippen LogP contribution is -2.37. The Morgan fingerprint density at radius 2 is 2.06 bits per heavy atom. The Kier molecular flexibility index (Phi) is 3.26. The molecule has 18 heavy (non-hydrogen) atoms. The molecule has 0 amide bonds. The van der Waals surface area contributed by atoms with Crippen LogP contribution in [-0.4, -0.2) is 24.8 Å². The van der Waals surface area contributed by atoms with Crippen molar-refractivity contribution in [3.8, 4) is 0 Å². The average Bonchev–Trinajstić information content (AvgIpc) is 2.75. The second kappa shape index (κ2) is 4.57. The van der Waals surface area contributed by atoms with Gasteiger partial charge in [0, 0.05) is 13.2 Å². The Morgan fingerprint density at radius 1 is 1.39 bits per heavy atom. The monoisotopic (exact) mass is 249 g/mol. The quantitative estimate of drug-likeness (QED) is 0.888. The van der Waals surface area contributed by atoms with Gasteiger partial charge in [-0.1, -0.05) is 13.8 Å². The molecule has 0 aliphatic rings. The van der Waals surface area contributed by atoms with Crippen molar-refractivity contribution in [2.45, 2.75) is 38.8 Å². The molecule has 0 bridgehead atoms. The Bertz CT molecular complexity index is 608. The van der Waals surface area contributed by atoms with Crippen molar-refractivity contribution in [1.82, 2.24) is 14.1 Å². The van der Waals surface area contributed by atoms with Crippen molar-refractivity contribution in [2.75, 3.05) is 0 Å². The molecule has 5 heteroatoms. The maximum absolute atomic E-state index is 12.2. The highest BCUT2D eigenvalue weighted by Gasteiger charge is 2.23. The smallest absolute Gasteiger partial charge is 0.262 e. The van der Waals surface area contributed by atoms with E-state index in [1.54, 1.807) is 6.07 Å². The van der Waals surface area contributed by atoms with Crippen molar-refractivity contribution in [3.63, 3.8) is 0 Å². The van der Waals surface area contributed by atoms with E-state index in [4.69, 9.17) is 0 Å². The van der Waals surface area contributed by atoms with Gasteiger partial charge in [-0.3, -0.25) is 9.36 Å². The molecule has 0 aliphatic heterocycles. The third-order valence-corrected chi connectivity index (χ3v) is 3.63. The highest BCUT2D eigenvalue weighted by molar-refractivity contribution is 5.74. The number of fused-ring (bicyclic) bond motifs is 1. The third-order valence-electron chi connectivity index (χ3n) is 3.63. The maximum atomic E-state index is 12.2. The number of aryl methyl sites for hydroxylation is 1. The van der Waals surface area contributed by atoms with E-state index in [0.29, 0.717) is 23.9 Å². The third kappa shape index (κ3) is 2.06. The summed E-state index contributed by atoms with van der Waals surface area (Å²) in [6.07, 6.45) is 4.56. The van der Waals surface area contributed by atoms with Crippen molar-refractivity contribution in [3.05, 3.63) is 28.9 Å². The van der Waals surface area contributed by atoms with Crippen LogP contribution in [0.4, 0.5) is 0 Å². The molecule has 2 heterocycles. The van der Waals surface area contributed by atoms with Crippen LogP contribution in [0.2, 0.25) is 0 Å². The first-order valence-electron chi connectivity index (χ1n) is 6.23. The molecular formula is C13H19N3O2. The van der Waals surface area contributed by atoms with Gasteiger partial charge in [-0.05, 0) is 18.9 Å². The molecule has 0 unspecified atom stereocenters. The normalized spacial score (nSPS) is 12.2. The van der Waals surface area contributed by atoms with Crippen LogP contribution in [-0.2, 0) is 13.6 Å². The van der Waals surface area contributed by atoms with Crippen LogP contribution in [0.1, 0.15) is 26.7 Å². The van der Waals surface area contributed by atoms with Gasteiger partial charge >= 0.3 is 0 Å². The summed E-state index contributed by atoms with van der Waals surface area (Å²) in [5.41, 5.74) is -0.262. The molecule has 2 aromatic rings. The predicted molar refractivity (Wildman–Crippen MR) is 70.5 cm³/mol. The number of aromatic nitrogens is 3. The van der Waals surface area contributed by atoms with Crippen molar-refractivity contribution < 1.29 is 5.11 Å². The van der Waals surface area contributed by atoms with E-state index in [2.05, 4.69) is 4.98 Å². The minimum absolute atomic E-state index is 0.0964. The summed E-state index contributed by atoms with van der Waals surface area (Å²) in [7, 11) is 1.85. The summed E-state index contributed by atoms with van der Waals surface area (Å²) in [5, 5.41) is 10.9. The fourth-order valence-corrected chi connectivity index (χ4v) is 2.08. The zero-order valence-corrected chi connectivity index (χ0v) is 11.1. The predicted octanol–water partition coefficient (Wildman–Crippen LogP) is 1.29. The van der Waals surface area contributed by atoms with Gasteiger partial charge in [0.2, 0.25) is 0 Å². The summed E-state index contributed by atoms with van der Waals surface area (Å²) in [4.78, 5) is 16.5. The van der Waals surface area contributed by atoms with Crippen LogP contribution in [0.5, 0.6) is 0 Å². The summed E-state index contributed by atoms with van der Waals surface area (Å²) in [5.74, 6) is 0. The van der Waals surface area contributed by atoms with Gasteiger partial charge in [-0.2, -0.15) is 0 Å². The molecule has 2 rings (SSSR count). The number of rotatable bonds is 4. The molecular weight excluding hydrogens is 230 g/mol. The first-order chi connectivity index (χ1) is 8.50. The van der Waals surface area contributed by atoms with E-state index in [1.807, 2.05) is 31.7 Å². The largest absolute Gasteiger partial charge is 0.388 e. The average molecular weight is 249 g/mol. The zero-order valence-electron chi connectivity index (χ0n) is 11.1. The Hall–Kier alpha value is -1.62. The van der Waals surface area contributed by atoms with E-state index < -0.39 is 5.60 Å². The summed E-state index contributed by atoms with van der Waals surface area (Å²) >= 11 is 0. The lowest BCUT2D eigenvalue weighted by atomic mass is 9.97. The number of aliphatic hydroxyl groups is 1. The molecule has 0 saturated carbocycles. The molecule has 1 N–H and O–H groups in total. The minimum atomic E-state index is -0.839. The lowest BCUT2D eigenvalue weighted by Gasteiger charge is -2.25. The maximum Gasteiger partial charge on any atom is 0.262 e. The van der Waals surface area contributed by atoms with Crippen molar-refractivity contribution in [2.24, 2.45) is 7.05 Å². The minimum Gasteiger partial charge on any atom is -0.388 e. The molecule has 98 valence electrons. The topological polar surface area (TPSA) is 60.0 Å². The summed E-state index contributed by atoms with van der Waals surface area (Å²) < 4.78 is 3.31. The highest BCUT2D eigenvalue weighted by atomic mass is 16.3. The number of nitrogens with zero attached hydrogens (tertiary/aromatic N) is 3. The van der Waals surface area contributed by atoms with Gasteiger partial charge < -0.3 is 9.67 Å². The standard InChI is InChI=1S/C13H19N3O2/c1-4-13(18,5-2)8-16-9-14-11-10(12(16)17)6-7-15(11)3/h6-7,9,18H,4-5,8H2,1-3H3. The number of hydrogen-bond donors (Lipinski definition) is 1. The lowest BCUT2D eigenvalue weighted by molar-refractivity contribution is 0.0140. The van der Waals surface area contributed by atoms with Crippen LogP contribution >= 0.6 is 0 Å². The zero-order chi connectivity index (χ0) is 13.3. The molecule has 0 aliphatic carbocycles. The van der Waals surface area contributed by atoms with Crippen LogP contribution in [0, 0.1) is 0 Å². The Labute approximate surface area is 106 Å². The fraction of sp³-hybridized carbons (Fsp3) is 0.538. The summed E-state index contributed by atoms with van der Waals surface area (Å²) in [6.45, 7) is 4.13. The summed E-state index contributed by atoms with van der Waals surface area (Å²) in [6, 6.07) is 1.76. The van der Waals surface area contributed by atoms with Crippen LogP contribution in [0.3, 0.4) is 0 Å². The molecule has 5 nitrogen and oxygen atoms in total. The fourth-order valence-electron chi connectivity index (χ4n) is 2.08. The van der Waals surface area contributed by atoms with E-state index in [1.165, 1.54) is 10.9 Å². The van der Waals surface area contributed by atoms with E-state index >= 15 is 0 Å². The molecule has 0 atom stereocenters. The highest BCUT2D eigenvalue weighted by Crippen LogP contribution is 2.17. The van der Waals surface area contributed by atoms with Gasteiger partial charge in [-0.15, -0.1) is 0 Å². The van der Waals surface area contributed by atoms with Crippen LogP contribution in [0.15, 0.2) is 23.4 Å². The van der Waals surface area contributed by atoms with Gasteiger partial charge in [0.15, 0.2) is 0 Å². The number of hydrogen-bond acceptors (Lipinski definition) is 3. The molecule has 0 aromatic carbocycles. The van der Waals surface area contributed by atoms with Crippen molar-refractivity contribution in [1.29, 1.82) is 0 Å². The van der Waals surface area contributed by atoms with E-state index in [0.717, 1.165) is 0 Å². The molecule has 0 fully saturated rings. The molecule has 2 aromatic heterocycles. The van der Waals surface area contributed by atoms with E-state index in [9.17, 15) is 9.90 Å². The first-order valence-corrected chi connectivity index (χ1v) is 6.23.